The molecule has 0 spiro atoms. The van der Waals surface area contributed by atoms with Gasteiger partial charge in [-0.25, -0.2) is 0 Å². The van der Waals surface area contributed by atoms with Crippen molar-refractivity contribution in [1.82, 2.24) is 4.90 Å². The van der Waals surface area contributed by atoms with Crippen LogP contribution in [0.1, 0.15) is 13.8 Å². The molecule has 1 rings (SSSR count). The highest BCUT2D eigenvalue weighted by Gasteiger charge is 2.43. The largest absolute Gasteiger partial charge is 0.399 e. The Kier molecular flexibility index (Phi) is 4.37. The molecule has 1 fully saturated rings. The number of rotatable bonds is 3. The van der Waals surface area contributed by atoms with E-state index in [1.165, 1.54) is 0 Å². The first-order valence-corrected chi connectivity index (χ1v) is 5.48. The average molecular weight is 253 g/mol. The van der Waals surface area contributed by atoms with Crippen LogP contribution in [-0.2, 0) is 4.74 Å². The van der Waals surface area contributed by atoms with E-state index in [1.807, 2.05) is 13.8 Å². The number of nitrogens with zero attached hydrogens (tertiary/aromatic N) is 1. The number of hydrogen-bond acceptors (Lipinski definition) is 3. The van der Waals surface area contributed by atoms with Gasteiger partial charge in [-0.1, -0.05) is 0 Å². The maximum absolute atomic E-state index is 12.6. The summed E-state index contributed by atoms with van der Waals surface area (Å²) >= 11 is 0. The van der Waals surface area contributed by atoms with Gasteiger partial charge in [0, 0.05) is 19.6 Å². The first kappa shape index (κ1) is 14.2. The SMILES string of the molecule is CC1CN(CC(C(=N)N)C(F)(F)F)CC(C)O1. The summed E-state index contributed by atoms with van der Waals surface area (Å²) in [5.74, 6) is -2.72. The second kappa shape index (κ2) is 5.22. The van der Waals surface area contributed by atoms with Crippen LogP contribution in [0.5, 0.6) is 0 Å². The van der Waals surface area contributed by atoms with Gasteiger partial charge in [-0.15, -0.1) is 0 Å². The zero-order chi connectivity index (χ0) is 13.2. The fourth-order valence-corrected chi connectivity index (χ4v) is 2.07. The molecule has 1 aliphatic heterocycles. The lowest BCUT2D eigenvalue weighted by Gasteiger charge is -2.37. The van der Waals surface area contributed by atoms with Gasteiger partial charge in [-0.2, -0.15) is 13.2 Å². The highest BCUT2D eigenvalue weighted by Crippen LogP contribution is 2.27. The first-order chi connectivity index (χ1) is 7.70. The van der Waals surface area contributed by atoms with Gasteiger partial charge in [-0.3, -0.25) is 10.3 Å². The van der Waals surface area contributed by atoms with Crippen molar-refractivity contribution in [3.63, 3.8) is 0 Å². The maximum atomic E-state index is 12.6. The molecule has 0 aromatic rings. The molecule has 1 aliphatic rings. The van der Waals surface area contributed by atoms with Gasteiger partial charge < -0.3 is 10.5 Å². The highest BCUT2D eigenvalue weighted by atomic mass is 19.4. The normalized spacial score (nSPS) is 29.0. The fourth-order valence-electron chi connectivity index (χ4n) is 2.07. The van der Waals surface area contributed by atoms with Gasteiger partial charge in [0.05, 0.1) is 12.2 Å². The smallest absolute Gasteiger partial charge is 0.387 e. The molecule has 1 saturated heterocycles. The Bertz CT molecular complexity index is 272. The molecule has 3 N–H and O–H groups in total. The topological polar surface area (TPSA) is 62.3 Å². The minimum atomic E-state index is -4.46. The molecule has 100 valence electrons. The molecule has 4 nitrogen and oxygen atoms in total. The van der Waals surface area contributed by atoms with Crippen LogP contribution >= 0.6 is 0 Å². The lowest BCUT2D eigenvalue weighted by Crippen LogP contribution is -2.51. The van der Waals surface area contributed by atoms with E-state index in [0.717, 1.165) is 0 Å². The quantitative estimate of drug-likeness (QED) is 0.587. The van der Waals surface area contributed by atoms with Crippen LogP contribution in [0.25, 0.3) is 0 Å². The Morgan fingerprint density at radius 1 is 1.41 bits per heavy atom. The zero-order valence-electron chi connectivity index (χ0n) is 9.92. The van der Waals surface area contributed by atoms with E-state index in [1.54, 1.807) is 4.90 Å². The number of alkyl halides is 3. The van der Waals surface area contributed by atoms with E-state index in [9.17, 15) is 13.2 Å². The number of halogens is 3. The second-order valence-corrected chi connectivity index (χ2v) is 4.53. The number of nitrogens with two attached hydrogens (primary N) is 1. The Labute approximate surface area is 98.4 Å². The van der Waals surface area contributed by atoms with Crippen molar-refractivity contribution >= 4 is 5.84 Å². The third kappa shape index (κ3) is 4.16. The average Bonchev–Trinajstić information content (AvgIpc) is 2.10. The van der Waals surface area contributed by atoms with Gasteiger partial charge in [0.25, 0.3) is 0 Å². The molecule has 3 atom stereocenters. The predicted molar refractivity (Wildman–Crippen MR) is 57.9 cm³/mol. The van der Waals surface area contributed by atoms with E-state index in [2.05, 4.69) is 0 Å². The molecule has 3 unspecified atom stereocenters. The Balaban J connectivity index is 2.64. The third-order valence-corrected chi connectivity index (χ3v) is 2.71. The molecule has 1 heterocycles. The van der Waals surface area contributed by atoms with Crippen LogP contribution in [-0.4, -0.2) is 48.8 Å². The number of nitrogens with one attached hydrogen (secondary N) is 1. The number of morpholine rings is 1. The fraction of sp³-hybridized carbons (Fsp3) is 0.900. The minimum Gasteiger partial charge on any atom is -0.387 e. The number of hydrogen-bond donors (Lipinski definition) is 2. The van der Waals surface area contributed by atoms with Crippen LogP contribution in [0.15, 0.2) is 0 Å². The van der Waals surface area contributed by atoms with Gasteiger partial charge in [0.15, 0.2) is 0 Å². The van der Waals surface area contributed by atoms with Crippen molar-refractivity contribution in [2.24, 2.45) is 11.7 Å². The summed E-state index contributed by atoms with van der Waals surface area (Å²) in [5, 5.41) is 7.03. The molecule has 0 saturated carbocycles. The molecule has 0 aromatic carbocycles. The van der Waals surface area contributed by atoms with Crippen molar-refractivity contribution in [2.75, 3.05) is 19.6 Å². The van der Waals surface area contributed by atoms with E-state index in [4.69, 9.17) is 15.9 Å². The summed E-state index contributed by atoms with van der Waals surface area (Å²) in [4.78, 5) is 1.65. The van der Waals surface area contributed by atoms with Crippen molar-refractivity contribution in [2.45, 2.75) is 32.2 Å². The summed E-state index contributed by atoms with van der Waals surface area (Å²) in [6.07, 6.45) is -4.66. The van der Waals surface area contributed by atoms with Crippen molar-refractivity contribution in [1.29, 1.82) is 5.41 Å². The van der Waals surface area contributed by atoms with Gasteiger partial charge >= 0.3 is 6.18 Å². The van der Waals surface area contributed by atoms with E-state index < -0.39 is 17.9 Å². The maximum Gasteiger partial charge on any atom is 0.399 e. The molecule has 0 bridgehead atoms. The van der Waals surface area contributed by atoms with Crippen molar-refractivity contribution in [3.8, 4) is 0 Å². The molecule has 0 amide bonds. The molecule has 0 aliphatic carbocycles. The Hall–Kier alpha value is -0.820. The predicted octanol–water partition coefficient (Wildman–Crippen LogP) is 1.21. The molecule has 7 heteroatoms. The van der Waals surface area contributed by atoms with Crippen LogP contribution < -0.4 is 5.73 Å². The van der Waals surface area contributed by atoms with Crippen molar-refractivity contribution < 1.29 is 17.9 Å². The summed E-state index contributed by atoms with van der Waals surface area (Å²) in [7, 11) is 0. The monoisotopic (exact) mass is 253 g/mol. The van der Waals surface area contributed by atoms with Crippen LogP contribution in [0.4, 0.5) is 13.2 Å². The summed E-state index contributed by atoms with van der Waals surface area (Å²) in [5.41, 5.74) is 5.01. The number of amidine groups is 1. The standard InChI is InChI=1S/C10H18F3N3O/c1-6-3-16(4-7(2)17-6)5-8(9(14)15)10(11,12)13/h6-8H,3-5H2,1-2H3,(H3,14,15). The minimum absolute atomic E-state index is 0.0976. The van der Waals surface area contributed by atoms with Gasteiger partial charge in [0.1, 0.15) is 11.8 Å². The summed E-state index contributed by atoms with van der Waals surface area (Å²) in [6.45, 7) is 4.24. The van der Waals surface area contributed by atoms with Crippen LogP contribution in [0.2, 0.25) is 0 Å². The highest BCUT2D eigenvalue weighted by molar-refractivity contribution is 5.80. The Morgan fingerprint density at radius 2 is 1.88 bits per heavy atom. The molecular weight excluding hydrogens is 235 g/mol. The van der Waals surface area contributed by atoms with E-state index >= 15 is 0 Å². The molecule has 0 aromatic heterocycles. The first-order valence-electron chi connectivity index (χ1n) is 5.48. The second-order valence-electron chi connectivity index (χ2n) is 4.53. The Morgan fingerprint density at radius 3 is 2.24 bits per heavy atom. The lowest BCUT2D eigenvalue weighted by molar-refractivity contribution is -0.166. The van der Waals surface area contributed by atoms with Crippen LogP contribution in [0.3, 0.4) is 0 Å². The number of ether oxygens (including phenoxy) is 1. The van der Waals surface area contributed by atoms with Crippen LogP contribution in [0, 0.1) is 11.3 Å². The molecule has 0 radical (unpaired) electrons. The van der Waals surface area contributed by atoms with Gasteiger partial charge in [-0.05, 0) is 13.8 Å². The lowest BCUT2D eigenvalue weighted by atomic mass is 10.1. The molecule has 17 heavy (non-hydrogen) atoms. The third-order valence-electron chi connectivity index (χ3n) is 2.71. The van der Waals surface area contributed by atoms with Gasteiger partial charge in [0.2, 0.25) is 0 Å². The summed E-state index contributed by atoms with van der Waals surface area (Å²) < 4.78 is 43.4. The van der Waals surface area contributed by atoms with E-state index in [0.29, 0.717) is 13.1 Å². The zero-order valence-corrected chi connectivity index (χ0v) is 9.92. The summed E-state index contributed by atoms with van der Waals surface area (Å²) in [6, 6.07) is 0. The van der Waals surface area contributed by atoms with Crippen molar-refractivity contribution in [3.05, 3.63) is 0 Å². The molecular formula is C10H18F3N3O. The van der Waals surface area contributed by atoms with E-state index in [-0.39, 0.29) is 18.8 Å².